The van der Waals surface area contributed by atoms with Crippen molar-refractivity contribution in [3.63, 3.8) is 0 Å². The molecule has 5 aromatic carbocycles. The molecule has 7 heteroatoms. The number of hydrogen-bond donors (Lipinski definition) is 0. The number of para-hydroxylation sites is 2. The van der Waals surface area contributed by atoms with E-state index in [9.17, 15) is 0 Å². The van der Waals surface area contributed by atoms with E-state index in [0.29, 0.717) is 17.8 Å². The SMILES string of the molecule is CC(C)Cc1cc(-c2[c-]cccc2)nc[c]1[Ge]([CH3])([CH3])[CH3].CC(C)c1cc(-c2ccccc2)cc(C(C)C)c1-n1c(-c2[c-]sc3ccc(-c4cccs4)cc23)nc2ccccc21.[Ir]. The Hall–Kier alpha value is -4.43. The Morgan fingerprint density at radius 1 is 0.710 bits per heavy atom. The van der Waals surface area contributed by atoms with Gasteiger partial charge >= 0.3 is 126 Å². The summed E-state index contributed by atoms with van der Waals surface area (Å²) in [6, 6.07) is 48.8. The molecule has 62 heavy (non-hydrogen) atoms. The minimum Gasteiger partial charge on any atom is -0.333 e. The van der Waals surface area contributed by atoms with E-state index in [1.807, 2.05) is 18.2 Å². The van der Waals surface area contributed by atoms with E-state index >= 15 is 0 Å². The maximum atomic E-state index is 5.30. The van der Waals surface area contributed by atoms with E-state index in [1.54, 1.807) is 27.1 Å². The zero-order valence-corrected chi connectivity index (χ0v) is 43.3. The fourth-order valence-electron chi connectivity index (χ4n) is 8.25. The van der Waals surface area contributed by atoms with Crippen molar-refractivity contribution < 1.29 is 20.1 Å². The third-order valence-electron chi connectivity index (χ3n) is 11.3. The van der Waals surface area contributed by atoms with Crippen molar-refractivity contribution in [1.29, 1.82) is 0 Å². The van der Waals surface area contributed by atoms with E-state index in [0.717, 1.165) is 40.1 Å². The number of rotatable bonds is 10. The molecule has 0 atom stereocenters. The van der Waals surface area contributed by atoms with Crippen molar-refractivity contribution in [2.24, 2.45) is 5.92 Å². The van der Waals surface area contributed by atoms with Crippen LogP contribution in [0.1, 0.15) is 70.1 Å². The molecule has 1 radical (unpaired) electrons. The Bertz CT molecular complexity index is 2870. The first-order valence-electron chi connectivity index (χ1n) is 21.5. The van der Waals surface area contributed by atoms with E-state index in [1.165, 1.54) is 54.0 Å². The molecule has 0 saturated heterocycles. The number of imidazole rings is 1. The molecule has 0 amide bonds. The molecular formula is C55H55GeIrN3S2-2. The quantitative estimate of drug-likeness (QED) is 0.101. The van der Waals surface area contributed by atoms with Gasteiger partial charge in [-0.1, -0.05) is 110 Å². The standard InChI is InChI=1S/C37H31N2S2.C18H24GeN.Ir/c1-23(2)28-20-27(25-11-6-5-7-12-25)21-29(24(3)4)36(28)39-33-14-9-8-13-32(33)38-37(39)31-22-41-35-17-16-26(19-30(31)35)34-15-10-18-40-34;1-14(2)11-16-12-18(15-9-7-6-8-10-15)20-13-17(16)19(3,4)5;/h5-21,23-24H,1-4H3;6-9,12-14H,11H2,1-5H3;/q2*-1;. The molecule has 0 unspecified atom stereocenters. The van der Waals surface area contributed by atoms with E-state index < -0.39 is 13.3 Å². The first-order chi connectivity index (χ1) is 29.4. The molecule has 0 saturated carbocycles. The van der Waals surface area contributed by atoms with Crippen LogP contribution in [0.5, 0.6) is 0 Å². The van der Waals surface area contributed by atoms with Crippen molar-refractivity contribution in [1.82, 2.24) is 14.5 Å². The van der Waals surface area contributed by atoms with Gasteiger partial charge in [-0.25, -0.2) is 0 Å². The molecule has 0 spiro atoms. The van der Waals surface area contributed by atoms with Crippen LogP contribution in [0.4, 0.5) is 0 Å². The van der Waals surface area contributed by atoms with Gasteiger partial charge in [0.2, 0.25) is 0 Å². The molecule has 0 bridgehead atoms. The minimum absolute atomic E-state index is 0. The van der Waals surface area contributed by atoms with Crippen LogP contribution < -0.4 is 4.40 Å². The maximum Gasteiger partial charge on any atom is 0.0774 e. The summed E-state index contributed by atoms with van der Waals surface area (Å²) in [6.45, 7) is 13.8. The topological polar surface area (TPSA) is 30.7 Å². The zero-order chi connectivity index (χ0) is 42.8. The maximum absolute atomic E-state index is 5.30. The predicted molar refractivity (Wildman–Crippen MR) is 268 cm³/mol. The molecule has 9 aromatic rings. The van der Waals surface area contributed by atoms with Gasteiger partial charge in [0.15, 0.2) is 0 Å². The number of pyridine rings is 1. The van der Waals surface area contributed by atoms with Crippen LogP contribution in [0.3, 0.4) is 0 Å². The van der Waals surface area contributed by atoms with Gasteiger partial charge in [-0.2, -0.15) is 0 Å². The second-order valence-corrected chi connectivity index (χ2v) is 30.4. The summed E-state index contributed by atoms with van der Waals surface area (Å²) in [4.78, 5) is 11.3. The molecule has 317 valence electrons. The average Bonchev–Trinajstić information content (AvgIpc) is 4.03. The Morgan fingerprint density at radius 2 is 1.42 bits per heavy atom. The van der Waals surface area contributed by atoms with Crippen molar-refractivity contribution >= 4 is 61.5 Å². The Kier molecular flexibility index (Phi) is 14.4. The number of aromatic nitrogens is 3. The fourth-order valence-corrected chi connectivity index (χ4v) is 13.1. The van der Waals surface area contributed by atoms with Crippen molar-refractivity contribution in [3.8, 4) is 49.9 Å². The van der Waals surface area contributed by atoms with Crippen LogP contribution >= 0.6 is 22.7 Å². The number of benzene rings is 5. The van der Waals surface area contributed by atoms with Gasteiger partial charge in [-0.15, -0.1) is 16.7 Å². The zero-order valence-electron chi connectivity index (χ0n) is 37.2. The molecule has 4 heterocycles. The van der Waals surface area contributed by atoms with Crippen molar-refractivity contribution in [2.75, 3.05) is 0 Å². The molecule has 0 aliphatic rings. The Balaban J connectivity index is 0.000000233. The molecule has 0 aliphatic carbocycles. The summed E-state index contributed by atoms with van der Waals surface area (Å²) in [5, 5.41) is 7.01. The first kappa shape index (κ1) is 45.6. The Labute approximate surface area is 393 Å². The molecule has 9 rings (SSSR count). The van der Waals surface area contributed by atoms with Gasteiger partial charge in [0.05, 0.1) is 16.9 Å². The normalized spacial score (nSPS) is 11.7. The van der Waals surface area contributed by atoms with Crippen LogP contribution in [0.15, 0.2) is 139 Å². The van der Waals surface area contributed by atoms with E-state index in [4.69, 9.17) is 9.97 Å². The summed E-state index contributed by atoms with van der Waals surface area (Å²) < 4.78 is 5.19. The molecule has 0 aliphatic heterocycles. The van der Waals surface area contributed by atoms with Gasteiger partial charge in [-0.05, 0) is 75.4 Å². The third-order valence-corrected chi connectivity index (χ3v) is 17.4. The summed E-state index contributed by atoms with van der Waals surface area (Å²) >= 11 is 1.59. The molecule has 4 aromatic heterocycles. The smallest absolute Gasteiger partial charge is 0.0774 e. The van der Waals surface area contributed by atoms with Crippen LogP contribution in [0.2, 0.25) is 17.3 Å². The van der Waals surface area contributed by atoms with Crippen LogP contribution in [0, 0.1) is 17.4 Å². The molecular weight excluding hydrogens is 1030 g/mol. The number of nitrogens with zero attached hydrogens (tertiary/aromatic N) is 3. The van der Waals surface area contributed by atoms with Crippen LogP contribution in [-0.2, 0) is 26.5 Å². The van der Waals surface area contributed by atoms with Gasteiger partial charge < -0.3 is 4.57 Å². The molecule has 0 N–H and O–H groups in total. The van der Waals surface area contributed by atoms with Gasteiger partial charge in [0.25, 0.3) is 0 Å². The van der Waals surface area contributed by atoms with Crippen molar-refractivity contribution in [3.05, 3.63) is 167 Å². The number of thiophene rings is 2. The average molecular weight is 1090 g/mol. The summed E-state index contributed by atoms with van der Waals surface area (Å²) in [6.07, 6.45) is 3.27. The molecule has 0 fully saturated rings. The fraction of sp³-hybridized carbons (Fsp3) is 0.236. The molecule has 3 nitrogen and oxygen atoms in total. The van der Waals surface area contributed by atoms with Crippen LogP contribution in [-0.4, -0.2) is 27.8 Å². The Morgan fingerprint density at radius 3 is 2.06 bits per heavy atom. The van der Waals surface area contributed by atoms with Gasteiger partial charge in [0.1, 0.15) is 0 Å². The van der Waals surface area contributed by atoms with Crippen molar-refractivity contribution in [2.45, 2.75) is 77.1 Å². The number of hydrogen-bond acceptors (Lipinski definition) is 4. The second kappa shape index (κ2) is 19.5. The monoisotopic (exact) mass is 1090 g/mol. The minimum atomic E-state index is -1.86. The van der Waals surface area contributed by atoms with E-state index in [-0.39, 0.29) is 20.1 Å². The largest absolute Gasteiger partial charge is 0.333 e. The second-order valence-electron chi connectivity index (χ2n) is 18.1. The third kappa shape index (κ3) is 9.71. The number of fused-ring (bicyclic) bond motifs is 2. The predicted octanol–water partition coefficient (Wildman–Crippen LogP) is 15.6. The van der Waals surface area contributed by atoms with E-state index in [2.05, 4.69) is 196 Å². The van der Waals surface area contributed by atoms with Gasteiger partial charge in [0, 0.05) is 30.7 Å². The summed E-state index contributed by atoms with van der Waals surface area (Å²) in [5.74, 6) is 9.60. The summed E-state index contributed by atoms with van der Waals surface area (Å²) in [7, 11) is 0. The first-order valence-corrected chi connectivity index (χ1v) is 30.6. The van der Waals surface area contributed by atoms with Crippen LogP contribution in [0.25, 0.3) is 71.0 Å². The summed E-state index contributed by atoms with van der Waals surface area (Å²) in [5.41, 5.74) is 14.5. The van der Waals surface area contributed by atoms with Gasteiger partial charge in [-0.3, -0.25) is 16.3 Å².